The van der Waals surface area contributed by atoms with Crippen LogP contribution in [0.4, 0.5) is 0 Å². The number of hydrogen-bond acceptors (Lipinski definition) is 3. The molecule has 5 nitrogen and oxygen atoms in total. The highest BCUT2D eigenvalue weighted by atomic mass is 16.4. The van der Waals surface area contributed by atoms with Gasteiger partial charge in [-0.3, -0.25) is 9.59 Å². The largest absolute Gasteiger partial charge is 0.481 e. The molecule has 84 valence electrons. The summed E-state index contributed by atoms with van der Waals surface area (Å²) in [6.45, 7) is 0. The Labute approximate surface area is 91.3 Å². The van der Waals surface area contributed by atoms with Crippen LogP contribution in [0.25, 0.3) is 0 Å². The van der Waals surface area contributed by atoms with Crippen molar-refractivity contribution in [2.45, 2.75) is 12.8 Å². The first-order chi connectivity index (χ1) is 7.50. The topological polar surface area (TPSA) is 91.7 Å². The lowest BCUT2D eigenvalue weighted by molar-refractivity contribution is -0.140. The molecule has 1 aromatic rings. The highest BCUT2D eigenvalue weighted by Crippen LogP contribution is 2.10. The molecule has 0 atom stereocenters. The van der Waals surface area contributed by atoms with Gasteiger partial charge in [-0.25, -0.2) is 4.79 Å². The molecule has 0 amide bonds. The van der Waals surface area contributed by atoms with E-state index in [2.05, 4.69) is 0 Å². The van der Waals surface area contributed by atoms with Gasteiger partial charge in [0, 0.05) is 6.42 Å². The van der Waals surface area contributed by atoms with Crippen LogP contribution in [0.3, 0.4) is 0 Å². The third-order valence-corrected chi connectivity index (χ3v) is 1.98. The molecule has 0 unspecified atom stereocenters. The van der Waals surface area contributed by atoms with Crippen LogP contribution in [0.15, 0.2) is 24.3 Å². The maximum Gasteiger partial charge on any atom is 0.335 e. The first kappa shape index (κ1) is 11.9. The molecular weight excluding hydrogens is 212 g/mol. The smallest absolute Gasteiger partial charge is 0.335 e. The summed E-state index contributed by atoms with van der Waals surface area (Å²) in [5.74, 6) is -2.85. The van der Waals surface area contributed by atoms with Crippen molar-refractivity contribution in [3.63, 3.8) is 0 Å². The summed E-state index contributed by atoms with van der Waals surface area (Å²) in [4.78, 5) is 32.3. The second kappa shape index (κ2) is 5.06. The zero-order valence-electron chi connectivity index (χ0n) is 8.34. The van der Waals surface area contributed by atoms with Gasteiger partial charge >= 0.3 is 11.9 Å². The number of carbonyl (C=O) groups is 3. The number of Topliss-reactive ketones (excluding diaryl/α,β-unsaturated/α-hetero) is 1. The van der Waals surface area contributed by atoms with Crippen molar-refractivity contribution in [3.8, 4) is 0 Å². The summed E-state index contributed by atoms with van der Waals surface area (Å²) in [5.41, 5.74) is 0.363. The van der Waals surface area contributed by atoms with Crippen molar-refractivity contribution in [3.05, 3.63) is 35.4 Å². The average Bonchev–Trinajstić information content (AvgIpc) is 2.16. The van der Waals surface area contributed by atoms with E-state index in [4.69, 9.17) is 10.2 Å². The van der Waals surface area contributed by atoms with Crippen molar-refractivity contribution in [1.82, 2.24) is 0 Å². The second-order valence-electron chi connectivity index (χ2n) is 3.25. The van der Waals surface area contributed by atoms with Crippen LogP contribution in [0.5, 0.6) is 0 Å². The van der Waals surface area contributed by atoms with E-state index < -0.39 is 24.1 Å². The third kappa shape index (κ3) is 3.20. The zero-order chi connectivity index (χ0) is 12.1. The highest BCUT2D eigenvalue weighted by molar-refractivity contribution is 5.97. The Morgan fingerprint density at radius 2 is 1.69 bits per heavy atom. The number of ketones is 1. The molecule has 0 spiro atoms. The number of rotatable bonds is 5. The molecule has 0 bridgehead atoms. The average molecular weight is 222 g/mol. The lowest BCUT2D eigenvalue weighted by Gasteiger charge is -2.03. The van der Waals surface area contributed by atoms with Gasteiger partial charge in [0.2, 0.25) is 0 Å². The molecule has 2 N–H and O–H groups in total. The summed E-state index contributed by atoms with van der Waals surface area (Å²) in [5, 5.41) is 17.2. The van der Waals surface area contributed by atoms with Crippen LogP contribution in [0.1, 0.15) is 22.3 Å². The van der Waals surface area contributed by atoms with Gasteiger partial charge < -0.3 is 10.2 Å². The molecule has 0 saturated carbocycles. The molecule has 0 aromatic heterocycles. The number of hydrogen-bond donors (Lipinski definition) is 2. The van der Waals surface area contributed by atoms with Crippen molar-refractivity contribution >= 4 is 17.7 Å². The van der Waals surface area contributed by atoms with Gasteiger partial charge in [0.1, 0.15) is 12.2 Å². The first-order valence-corrected chi connectivity index (χ1v) is 4.55. The maximum atomic E-state index is 11.2. The molecule has 0 aliphatic carbocycles. The van der Waals surface area contributed by atoms with E-state index in [1.807, 2.05) is 0 Å². The minimum absolute atomic E-state index is 0.0289. The van der Waals surface area contributed by atoms with Crippen LogP contribution < -0.4 is 0 Å². The van der Waals surface area contributed by atoms with Gasteiger partial charge in [-0.05, 0) is 11.6 Å². The monoisotopic (exact) mass is 222 g/mol. The molecule has 0 aliphatic heterocycles. The van der Waals surface area contributed by atoms with Crippen molar-refractivity contribution in [1.29, 1.82) is 0 Å². The Balaban J connectivity index is 2.84. The van der Waals surface area contributed by atoms with E-state index >= 15 is 0 Å². The van der Waals surface area contributed by atoms with Gasteiger partial charge in [-0.15, -0.1) is 0 Å². The summed E-state index contributed by atoms with van der Waals surface area (Å²) in [6, 6.07) is 6.04. The number of aromatic carboxylic acids is 1. The molecule has 5 heteroatoms. The fourth-order valence-electron chi connectivity index (χ4n) is 1.33. The van der Waals surface area contributed by atoms with Crippen LogP contribution in [-0.2, 0) is 16.0 Å². The van der Waals surface area contributed by atoms with Crippen LogP contribution in [0.2, 0.25) is 0 Å². The van der Waals surface area contributed by atoms with Gasteiger partial charge in [0.15, 0.2) is 0 Å². The lowest BCUT2D eigenvalue weighted by Crippen LogP contribution is -2.12. The normalized spacial score (nSPS) is 9.75. The third-order valence-electron chi connectivity index (χ3n) is 1.98. The van der Waals surface area contributed by atoms with Crippen LogP contribution >= 0.6 is 0 Å². The molecule has 0 radical (unpaired) electrons. The number of carboxylic acids is 2. The fraction of sp³-hybridized carbons (Fsp3) is 0.182. The summed E-state index contributed by atoms with van der Waals surface area (Å²) in [6.07, 6.45) is -0.761. The van der Waals surface area contributed by atoms with E-state index in [0.29, 0.717) is 5.56 Å². The number of benzene rings is 1. The van der Waals surface area contributed by atoms with E-state index in [0.717, 1.165) is 0 Å². The standard InChI is InChI=1S/C11H10O5/c12-8(6-10(13)14)5-7-3-1-2-4-9(7)11(15)16/h1-4H,5-6H2,(H,13,14)(H,15,16). The summed E-state index contributed by atoms with van der Waals surface area (Å²) < 4.78 is 0. The van der Waals surface area contributed by atoms with E-state index in [9.17, 15) is 14.4 Å². The Morgan fingerprint density at radius 3 is 2.25 bits per heavy atom. The molecule has 0 fully saturated rings. The van der Waals surface area contributed by atoms with E-state index in [-0.39, 0.29) is 12.0 Å². The van der Waals surface area contributed by atoms with Crippen molar-refractivity contribution in [2.75, 3.05) is 0 Å². The number of carboxylic acid groups (broad SMARTS) is 2. The Morgan fingerprint density at radius 1 is 1.06 bits per heavy atom. The number of aliphatic carboxylic acids is 1. The van der Waals surface area contributed by atoms with E-state index in [1.165, 1.54) is 12.1 Å². The van der Waals surface area contributed by atoms with Gasteiger partial charge in [0.05, 0.1) is 5.56 Å². The van der Waals surface area contributed by atoms with Crippen molar-refractivity contribution < 1.29 is 24.6 Å². The number of carbonyl (C=O) groups excluding carboxylic acids is 1. The Bertz CT molecular complexity index is 436. The molecule has 16 heavy (non-hydrogen) atoms. The maximum absolute atomic E-state index is 11.2. The molecule has 0 heterocycles. The molecule has 1 rings (SSSR count). The van der Waals surface area contributed by atoms with E-state index in [1.54, 1.807) is 12.1 Å². The van der Waals surface area contributed by atoms with Gasteiger partial charge in [-0.1, -0.05) is 18.2 Å². The minimum Gasteiger partial charge on any atom is -0.481 e. The second-order valence-corrected chi connectivity index (χ2v) is 3.25. The highest BCUT2D eigenvalue weighted by Gasteiger charge is 2.14. The fourth-order valence-corrected chi connectivity index (χ4v) is 1.33. The van der Waals surface area contributed by atoms with Gasteiger partial charge in [-0.2, -0.15) is 0 Å². The zero-order valence-corrected chi connectivity index (χ0v) is 8.34. The first-order valence-electron chi connectivity index (χ1n) is 4.55. The predicted octanol–water partition coefficient (Wildman–Crippen LogP) is 0.971. The molecular formula is C11H10O5. The molecule has 0 aliphatic rings. The van der Waals surface area contributed by atoms with Crippen molar-refractivity contribution in [2.24, 2.45) is 0 Å². The quantitative estimate of drug-likeness (QED) is 0.724. The summed E-state index contributed by atoms with van der Waals surface area (Å²) in [7, 11) is 0. The van der Waals surface area contributed by atoms with Gasteiger partial charge in [0.25, 0.3) is 0 Å². The Kier molecular flexibility index (Phi) is 3.77. The SMILES string of the molecule is O=C(O)CC(=O)Cc1ccccc1C(=O)O. The Hall–Kier alpha value is -2.17. The lowest BCUT2D eigenvalue weighted by atomic mass is 10.0. The molecule has 1 aromatic carbocycles. The summed E-state index contributed by atoms with van der Waals surface area (Å²) >= 11 is 0. The van der Waals surface area contributed by atoms with Crippen LogP contribution in [-0.4, -0.2) is 27.9 Å². The van der Waals surface area contributed by atoms with Crippen LogP contribution in [0, 0.1) is 0 Å². The minimum atomic E-state index is -1.21. The predicted molar refractivity (Wildman–Crippen MR) is 54.4 cm³/mol. The molecule has 0 saturated heterocycles.